The molecule has 3 nitrogen and oxygen atoms in total. The van der Waals surface area contributed by atoms with Gasteiger partial charge in [0.1, 0.15) is 5.01 Å². The van der Waals surface area contributed by atoms with E-state index in [1.807, 2.05) is 29.2 Å². The van der Waals surface area contributed by atoms with Crippen LogP contribution in [-0.2, 0) is 4.79 Å². The van der Waals surface area contributed by atoms with Crippen molar-refractivity contribution in [1.82, 2.24) is 9.88 Å². The van der Waals surface area contributed by atoms with Gasteiger partial charge in [0.2, 0.25) is 5.91 Å². The van der Waals surface area contributed by atoms with Crippen LogP contribution in [0.5, 0.6) is 0 Å². The van der Waals surface area contributed by atoms with E-state index in [2.05, 4.69) is 28.6 Å². The molecule has 23 heavy (non-hydrogen) atoms. The molecule has 1 aliphatic heterocycles. The lowest BCUT2D eigenvalue weighted by Gasteiger charge is -2.22. The van der Waals surface area contributed by atoms with E-state index in [1.54, 1.807) is 28.7 Å². The van der Waals surface area contributed by atoms with Gasteiger partial charge in [0, 0.05) is 17.5 Å². The number of thiophene rings is 1. The Balaban J connectivity index is 1.52. The van der Waals surface area contributed by atoms with Crippen LogP contribution in [0.25, 0.3) is 16.3 Å². The van der Waals surface area contributed by atoms with Crippen LogP contribution in [0.4, 0.5) is 0 Å². The molecule has 3 heterocycles. The first-order chi connectivity index (χ1) is 11.3. The van der Waals surface area contributed by atoms with E-state index in [1.165, 1.54) is 4.88 Å². The number of aromatic nitrogens is 1. The summed E-state index contributed by atoms with van der Waals surface area (Å²) in [5, 5.41) is 2.96. The second-order valence-corrected chi connectivity index (χ2v) is 7.60. The third-order valence-electron chi connectivity index (χ3n) is 4.09. The second kappa shape index (κ2) is 6.26. The Morgan fingerprint density at radius 1 is 1.26 bits per heavy atom. The lowest BCUT2D eigenvalue weighted by Crippen LogP contribution is -2.28. The van der Waals surface area contributed by atoms with Gasteiger partial charge in [0.05, 0.1) is 16.3 Å². The molecule has 0 aliphatic carbocycles. The minimum Gasteiger partial charge on any atom is -0.331 e. The lowest BCUT2D eigenvalue weighted by atomic mass is 10.2. The number of hydrogen-bond donors (Lipinski definition) is 0. The summed E-state index contributed by atoms with van der Waals surface area (Å²) >= 11 is 3.34. The number of carbonyl (C=O) groups is 1. The maximum atomic E-state index is 12.6. The molecular weight excluding hydrogens is 324 g/mol. The van der Waals surface area contributed by atoms with Crippen LogP contribution in [0.15, 0.2) is 47.9 Å². The number of hydrogen-bond acceptors (Lipinski definition) is 4. The van der Waals surface area contributed by atoms with E-state index in [0.29, 0.717) is 0 Å². The summed E-state index contributed by atoms with van der Waals surface area (Å²) in [6.45, 7) is 0.839. The van der Waals surface area contributed by atoms with Gasteiger partial charge in [0.15, 0.2) is 0 Å². The fraction of sp³-hybridized carbons (Fsp3) is 0.222. The minimum absolute atomic E-state index is 0.0835. The van der Waals surface area contributed by atoms with Gasteiger partial charge in [-0.1, -0.05) is 18.2 Å². The molecule has 1 fully saturated rings. The zero-order chi connectivity index (χ0) is 15.6. The largest absolute Gasteiger partial charge is 0.331 e. The Labute approximate surface area is 142 Å². The summed E-state index contributed by atoms with van der Waals surface area (Å²) < 4.78 is 1.15. The summed E-state index contributed by atoms with van der Waals surface area (Å²) in [6.07, 6.45) is 5.64. The molecule has 0 saturated carbocycles. The Kier molecular flexibility index (Phi) is 3.97. The number of amides is 1. The average molecular weight is 340 g/mol. The van der Waals surface area contributed by atoms with E-state index >= 15 is 0 Å². The molecule has 3 aromatic rings. The molecule has 1 amide bonds. The van der Waals surface area contributed by atoms with Gasteiger partial charge in [-0.2, -0.15) is 0 Å². The van der Waals surface area contributed by atoms with Crippen LogP contribution < -0.4 is 0 Å². The summed E-state index contributed by atoms with van der Waals surface area (Å²) in [5.74, 6) is 0.0835. The highest BCUT2D eigenvalue weighted by Crippen LogP contribution is 2.34. The summed E-state index contributed by atoms with van der Waals surface area (Å²) in [4.78, 5) is 20.4. The fourth-order valence-corrected chi connectivity index (χ4v) is 4.75. The van der Waals surface area contributed by atoms with Crippen molar-refractivity contribution in [3.63, 3.8) is 0 Å². The number of likely N-dealkylation sites (tertiary alicyclic amines) is 1. The second-order valence-electron chi connectivity index (χ2n) is 5.56. The van der Waals surface area contributed by atoms with Crippen molar-refractivity contribution in [3.8, 4) is 0 Å². The number of fused-ring (bicyclic) bond motifs is 1. The first kappa shape index (κ1) is 14.6. The molecule has 2 aromatic heterocycles. The maximum Gasteiger partial charge on any atom is 0.247 e. The lowest BCUT2D eigenvalue weighted by molar-refractivity contribution is -0.126. The van der Waals surface area contributed by atoms with E-state index in [9.17, 15) is 4.79 Å². The molecule has 1 atom stereocenters. The smallest absolute Gasteiger partial charge is 0.247 e. The third-order valence-corrected chi connectivity index (χ3v) is 6.06. The van der Waals surface area contributed by atoms with Crippen molar-refractivity contribution < 1.29 is 4.79 Å². The van der Waals surface area contributed by atoms with E-state index in [-0.39, 0.29) is 11.9 Å². The molecule has 5 heteroatoms. The van der Waals surface area contributed by atoms with E-state index in [0.717, 1.165) is 34.6 Å². The van der Waals surface area contributed by atoms with Crippen molar-refractivity contribution in [3.05, 3.63) is 57.7 Å². The van der Waals surface area contributed by atoms with Gasteiger partial charge in [-0.3, -0.25) is 4.79 Å². The van der Waals surface area contributed by atoms with Crippen molar-refractivity contribution >= 4 is 44.9 Å². The molecular formula is C18H16N2OS2. The van der Waals surface area contributed by atoms with Crippen LogP contribution in [0, 0.1) is 0 Å². The number of para-hydroxylation sites is 1. The number of thiazole rings is 1. The Bertz CT molecular complexity index is 818. The zero-order valence-corrected chi connectivity index (χ0v) is 14.1. The predicted molar refractivity (Wildman–Crippen MR) is 96.7 cm³/mol. The fourth-order valence-electron chi connectivity index (χ4n) is 3.01. The number of rotatable bonds is 3. The van der Waals surface area contributed by atoms with Gasteiger partial charge < -0.3 is 4.90 Å². The van der Waals surface area contributed by atoms with Gasteiger partial charge >= 0.3 is 0 Å². The highest BCUT2D eigenvalue weighted by Gasteiger charge is 2.29. The molecule has 1 saturated heterocycles. The molecule has 1 aromatic carbocycles. The maximum absolute atomic E-state index is 12.6. The van der Waals surface area contributed by atoms with Gasteiger partial charge in [0.25, 0.3) is 0 Å². The quantitative estimate of drug-likeness (QED) is 0.646. The molecule has 116 valence electrons. The Hall–Kier alpha value is -1.98. The van der Waals surface area contributed by atoms with Gasteiger partial charge in [-0.15, -0.1) is 22.7 Å². The summed E-state index contributed by atoms with van der Waals surface area (Å²) in [5.41, 5.74) is 0.988. The third kappa shape index (κ3) is 2.94. The predicted octanol–water partition coefficient (Wildman–Crippen LogP) is 4.73. The van der Waals surface area contributed by atoms with Crippen LogP contribution in [0.2, 0.25) is 0 Å². The number of nitrogens with zero attached hydrogens (tertiary/aromatic N) is 2. The van der Waals surface area contributed by atoms with Crippen LogP contribution >= 0.6 is 22.7 Å². The molecule has 0 unspecified atom stereocenters. The SMILES string of the molecule is O=C(/C=C/c1nc2ccccc2s1)N1CCC[C@@H]1c1cccs1. The molecule has 0 bridgehead atoms. The highest BCUT2D eigenvalue weighted by atomic mass is 32.1. The van der Waals surface area contributed by atoms with Crippen molar-refractivity contribution in [2.24, 2.45) is 0 Å². The standard InChI is InChI=1S/C18H16N2OS2/c21-18(20-11-3-6-14(20)16-8-4-12-22-16)10-9-17-19-13-5-1-2-7-15(13)23-17/h1-2,4-5,7-10,12,14H,3,6,11H2/b10-9+/t14-/m1/s1. The zero-order valence-electron chi connectivity index (χ0n) is 12.5. The first-order valence-electron chi connectivity index (χ1n) is 7.69. The molecule has 4 rings (SSSR count). The average Bonchev–Trinajstić information content (AvgIpc) is 3.31. The molecule has 0 radical (unpaired) electrons. The van der Waals surface area contributed by atoms with Crippen molar-refractivity contribution in [1.29, 1.82) is 0 Å². The normalized spacial score (nSPS) is 18.3. The number of carbonyl (C=O) groups excluding carboxylic acids is 1. The highest BCUT2D eigenvalue weighted by molar-refractivity contribution is 7.19. The van der Waals surface area contributed by atoms with Crippen molar-refractivity contribution in [2.75, 3.05) is 6.54 Å². The van der Waals surface area contributed by atoms with E-state index < -0.39 is 0 Å². The van der Waals surface area contributed by atoms with Gasteiger partial charge in [-0.05, 0) is 42.5 Å². The van der Waals surface area contributed by atoms with Crippen LogP contribution in [0.3, 0.4) is 0 Å². The van der Waals surface area contributed by atoms with Crippen LogP contribution in [0.1, 0.15) is 28.8 Å². The summed E-state index contributed by atoms with van der Waals surface area (Å²) in [6, 6.07) is 12.5. The molecule has 0 spiro atoms. The Morgan fingerprint density at radius 3 is 3.00 bits per heavy atom. The number of benzene rings is 1. The van der Waals surface area contributed by atoms with Crippen molar-refractivity contribution in [2.45, 2.75) is 18.9 Å². The molecule has 1 aliphatic rings. The monoisotopic (exact) mass is 340 g/mol. The first-order valence-corrected chi connectivity index (χ1v) is 9.38. The molecule has 0 N–H and O–H groups in total. The van der Waals surface area contributed by atoms with Gasteiger partial charge in [-0.25, -0.2) is 4.98 Å². The Morgan fingerprint density at radius 2 is 2.17 bits per heavy atom. The summed E-state index contributed by atoms with van der Waals surface area (Å²) in [7, 11) is 0. The topological polar surface area (TPSA) is 33.2 Å². The minimum atomic E-state index is 0.0835. The van der Waals surface area contributed by atoms with E-state index in [4.69, 9.17) is 0 Å². The van der Waals surface area contributed by atoms with Crippen LogP contribution in [-0.4, -0.2) is 22.3 Å².